The summed E-state index contributed by atoms with van der Waals surface area (Å²) < 4.78 is 1.93. The predicted octanol–water partition coefficient (Wildman–Crippen LogP) is 3.25. The molecule has 0 fully saturated rings. The third-order valence-corrected chi connectivity index (χ3v) is 3.42. The monoisotopic (exact) mass is 260 g/mol. The fraction of sp³-hybridized carbons (Fsp3) is 0.0625. The van der Waals surface area contributed by atoms with Gasteiger partial charge in [-0.3, -0.25) is 9.38 Å². The van der Waals surface area contributed by atoms with Crippen molar-refractivity contribution in [2.45, 2.75) is 6.92 Å². The topological polar surface area (TPSA) is 43.1 Å². The molecule has 0 saturated carbocycles. The maximum absolute atomic E-state index is 4.61. The molecule has 4 aromatic rings. The summed E-state index contributed by atoms with van der Waals surface area (Å²) in [6.07, 6.45) is 7.47. The number of aromatic nitrogens is 4. The lowest BCUT2D eigenvalue weighted by Crippen LogP contribution is -1.91. The number of fused-ring (bicyclic) bond motifs is 2. The zero-order valence-corrected chi connectivity index (χ0v) is 11.0. The predicted molar refractivity (Wildman–Crippen MR) is 78.5 cm³/mol. The van der Waals surface area contributed by atoms with Crippen LogP contribution in [-0.4, -0.2) is 19.4 Å². The molecule has 0 aliphatic heterocycles. The molecule has 0 radical (unpaired) electrons. The molecule has 0 atom stereocenters. The molecule has 0 bridgehead atoms. The number of aryl methyl sites for hydroxylation is 1. The molecule has 0 unspecified atom stereocenters. The first-order chi connectivity index (χ1) is 9.81. The Balaban J connectivity index is 2.05. The van der Waals surface area contributed by atoms with Crippen molar-refractivity contribution in [2.24, 2.45) is 0 Å². The summed E-state index contributed by atoms with van der Waals surface area (Å²) in [4.78, 5) is 13.3. The number of hydrogen-bond donors (Lipinski definition) is 0. The van der Waals surface area contributed by atoms with E-state index in [0.717, 1.165) is 33.4 Å². The SMILES string of the molecule is Cc1ccc(-c2cccc3nc4cncn4cc23)nc1. The second-order valence-electron chi connectivity index (χ2n) is 4.86. The van der Waals surface area contributed by atoms with Gasteiger partial charge in [-0.15, -0.1) is 0 Å². The highest BCUT2D eigenvalue weighted by molar-refractivity contribution is 5.93. The van der Waals surface area contributed by atoms with Crippen LogP contribution in [0.3, 0.4) is 0 Å². The van der Waals surface area contributed by atoms with Gasteiger partial charge >= 0.3 is 0 Å². The summed E-state index contributed by atoms with van der Waals surface area (Å²) in [5, 5.41) is 1.08. The molecule has 0 N–H and O–H groups in total. The number of rotatable bonds is 1. The second kappa shape index (κ2) is 4.13. The number of imidazole rings is 1. The Morgan fingerprint density at radius 3 is 2.85 bits per heavy atom. The maximum atomic E-state index is 4.61. The van der Waals surface area contributed by atoms with Crippen LogP contribution in [0.1, 0.15) is 5.56 Å². The first-order valence-electron chi connectivity index (χ1n) is 6.46. The minimum Gasteiger partial charge on any atom is -0.290 e. The first kappa shape index (κ1) is 11.1. The van der Waals surface area contributed by atoms with Crippen molar-refractivity contribution < 1.29 is 0 Å². The van der Waals surface area contributed by atoms with Crippen LogP contribution in [0.5, 0.6) is 0 Å². The molecule has 0 aliphatic carbocycles. The van der Waals surface area contributed by atoms with Gasteiger partial charge in [0.2, 0.25) is 0 Å². The fourth-order valence-electron chi connectivity index (χ4n) is 2.38. The lowest BCUT2D eigenvalue weighted by molar-refractivity contribution is 1.14. The largest absolute Gasteiger partial charge is 0.290 e. The van der Waals surface area contributed by atoms with Crippen LogP contribution >= 0.6 is 0 Å². The van der Waals surface area contributed by atoms with Crippen molar-refractivity contribution in [2.75, 3.05) is 0 Å². The third-order valence-electron chi connectivity index (χ3n) is 3.42. The lowest BCUT2D eigenvalue weighted by Gasteiger charge is -2.06. The van der Waals surface area contributed by atoms with Gasteiger partial charge in [-0.25, -0.2) is 9.97 Å². The van der Waals surface area contributed by atoms with Gasteiger partial charge in [-0.05, 0) is 24.6 Å². The number of hydrogen-bond acceptors (Lipinski definition) is 3. The van der Waals surface area contributed by atoms with Crippen LogP contribution < -0.4 is 0 Å². The molecule has 0 aliphatic rings. The molecule has 3 heterocycles. The van der Waals surface area contributed by atoms with Crippen molar-refractivity contribution >= 4 is 16.6 Å². The summed E-state index contributed by atoms with van der Waals surface area (Å²) in [6, 6.07) is 10.2. The van der Waals surface area contributed by atoms with Crippen molar-refractivity contribution in [1.29, 1.82) is 0 Å². The van der Waals surface area contributed by atoms with Gasteiger partial charge in [0, 0.05) is 23.3 Å². The van der Waals surface area contributed by atoms with E-state index in [1.807, 2.05) is 35.7 Å². The van der Waals surface area contributed by atoms with Crippen LogP contribution in [0.4, 0.5) is 0 Å². The third kappa shape index (κ3) is 1.66. The van der Waals surface area contributed by atoms with Crippen LogP contribution in [0.2, 0.25) is 0 Å². The summed E-state index contributed by atoms with van der Waals surface area (Å²) in [5.74, 6) is 0. The summed E-state index contributed by atoms with van der Waals surface area (Å²) >= 11 is 0. The maximum Gasteiger partial charge on any atom is 0.157 e. The van der Waals surface area contributed by atoms with Crippen LogP contribution in [0.25, 0.3) is 27.8 Å². The van der Waals surface area contributed by atoms with E-state index in [4.69, 9.17) is 0 Å². The van der Waals surface area contributed by atoms with E-state index in [1.54, 1.807) is 12.5 Å². The van der Waals surface area contributed by atoms with Gasteiger partial charge in [0.25, 0.3) is 0 Å². The first-order valence-corrected chi connectivity index (χ1v) is 6.46. The molecule has 0 spiro atoms. The molecule has 0 saturated heterocycles. The number of pyridine rings is 1. The Bertz CT molecular complexity index is 907. The summed E-state index contributed by atoms with van der Waals surface area (Å²) in [7, 11) is 0. The van der Waals surface area contributed by atoms with Gasteiger partial charge < -0.3 is 0 Å². The van der Waals surface area contributed by atoms with E-state index in [-0.39, 0.29) is 0 Å². The molecular weight excluding hydrogens is 248 g/mol. The Hall–Kier alpha value is -2.75. The molecule has 4 heteroatoms. The average Bonchev–Trinajstić information content (AvgIpc) is 2.92. The van der Waals surface area contributed by atoms with E-state index in [9.17, 15) is 0 Å². The summed E-state index contributed by atoms with van der Waals surface area (Å²) in [6.45, 7) is 2.04. The fourth-order valence-corrected chi connectivity index (χ4v) is 2.38. The molecule has 1 aromatic carbocycles. The second-order valence-corrected chi connectivity index (χ2v) is 4.86. The Morgan fingerprint density at radius 2 is 2.00 bits per heavy atom. The van der Waals surface area contributed by atoms with Gasteiger partial charge in [0.1, 0.15) is 6.33 Å². The quantitative estimate of drug-likeness (QED) is 0.527. The van der Waals surface area contributed by atoms with Crippen molar-refractivity contribution in [3.8, 4) is 11.3 Å². The average molecular weight is 260 g/mol. The van der Waals surface area contributed by atoms with Crippen molar-refractivity contribution in [3.05, 3.63) is 60.8 Å². The number of nitrogens with zero attached hydrogens (tertiary/aromatic N) is 4. The van der Waals surface area contributed by atoms with E-state index in [0.29, 0.717) is 0 Å². The molecular formula is C16H12N4. The van der Waals surface area contributed by atoms with Gasteiger partial charge in [-0.1, -0.05) is 18.2 Å². The minimum atomic E-state index is 0.853. The van der Waals surface area contributed by atoms with E-state index in [1.165, 1.54) is 0 Å². The van der Waals surface area contributed by atoms with Gasteiger partial charge in [0.05, 0.1) is 17.4 Å². The van der Waals surface area contributed by atoms with E-state index < -0.39 is 0 Å². The highest BCUT2D eigenvalue weighted by atomic mass is 15.0. The van der Waals surface area contributed by atoms with Crippen molar-refractivity contribution in [3.63, 3.8) is 0 Å². The smallest absolute Gasteiger partial charge is 0.157 e. The van der Waals surface area contributed by atoms with Crippen LogP contribution in [0.15, 0.2) is 55.2 Å². The number of benzene rings is 1. The molecule has 0 amide bonds. The minimum absolute atomic E-state index is 0.853. The highest BCUT2D eigenvalue weighted by Crippen LogP contribution is 2.26. The molecule has 4 rings (SSSR count). The van der Waals surface area contributed by atoms with E-state index >= 15 is 0 Å². The van der Waals surface area contributed by atoms with Gasteiger partial charge in [0.15, 0.2) is 5.65 Å². The van der Waals surface area contributed by atoms with Crippen LogP contribution in [-0.2, 0) is 0 Å². The van der Waals surface area contributed by atoms with Gasteiger partial charge in [-0.2, -0.15) is 0 Å². The normalized spacial score (nSPS) is 11.2. The van der Waals surface area contributed by atoms with Crippen molar-refractivity contribution in [1.82, 2.24) is 19.4 Å². The molecule has 3 aromatic heterocycles. The zero-order chi connectivity index (χ0) is 13.5. The molecule has 20 heavy (non-hydrogen) atoms. The lowest BCUT2D eigenvalue weighted by atomic mass is 10.1. The Morgan fingerprint density at radius 1 is 1.05 bits per heavy atom. The molecule has 96 valence electrons. The standard InChI is InChI=1S/C16H12N4/c1-11-5-6-14(18-7-11)12-3-2-4-15-13(12)9-20-10-17-8-16(20)19-15/h2-10H,1H3. The zero-order valence-electron chi connectivity index (χ0n) is 11.0. The summed E-state index contributed by atoms with van der Waals surface area (Å²) in [5.41, 5.74) is 5.02. The van der Waals surface area contributed by atoms with E-state index in [2.05, 4.69) is 33.3 Å². The van der Waals surface area contributed by atoms with Crippen LogP contribution in [0, 0.1) is 6.92 Å². The Kier molecular flexibility index (Phi) is 2.29. The molecule has 4 nitrogen and oxygen atoms in total. The highest BCUT2D eigenvalue weighted by Gasteiger charge is 2.07. The Labute approximate surface area is 115 Å².